The molecule has 706 valence electrons. The minimum Gasteiger partial charge on any atom is -0.310 e. The van der Waals surface area contributed by atoms with Gasteiger partial charge >= 0.3 is 0 Å². The Hall–Kier alpha value is -17.8. The summed E-state index contributed by atoms with van der Waals surface area (Å²) in [6.07, 6.45) is 0. The summed E-state index contributed by atoms with van der Waals surface area (Å²) >= 11 is 0. The molecule has 0 N–H and O–H groups in total. The highest BCUT2D eigenvalue weighted by Crippen LogP contribution is 2.63. The Morgan fingerprint density at radius 1 is 0.149 bits per heavy atom. The van der Waals surface area contributed by atoms with Crippen LogP contribution in [0, 0.1) is 6.92 Å². The van der Waals surface area contributed by atoms with Gasteiger partial charge < -0.3 is 14.7 Å². The van der Waals surface area contributed by atoms with Crippen LogP contribution >= 0.6 is 0 Å². The predicted molar refractivity (Wildman–Crippen MR) is 622 cm³/mol. The smallest absolute Gasteiger partial charge is 0.0714 e. The van der Waals surface area contributed by atoms with Crippen molar-refractivity contribution in [2.45, 2.75) is 82.5 Å². The lowest BCUT2D eigenvalue weighted by Crippen LogP contribution is -2.28. The molecule has 2 unspecified atom stereocenters. The van der Waals surface area contributed by atoms with Crippen molar-refractivity contribution in [1.82, 2.24) is 0 Å². The second-order valence-electron chi connectivity index (χ2n) is 42.3. The number of nitrogens with zero attached hydrogens (tertiary/aromatic N) is 3. The van der Waals surface area contributed by atoms with Crippen LogP contribution in [0.4, 0.5) is 51.2 Å². The average Bonchev–Trinajstić information content (AvgIpc) is 1.54. The Labute approximate surface area is 870 Å². The Balaban J connectivity index is 0.000000159. The number of benzene rings is 22. The first kappa shape index (κ1) is 90.3. The normalized spacial score (nSPS) is 15.2. The van der Waals surface area contributed by atoms with Gasteiger partial charge in [-0.1, -0.05) is 466 Å². The number of hydrogen-bond acceptors (Lipinski definition) is 3. The second kappa shape index (κ2) is 35.9. The van der Waals surface area contributed by atoms with Crippen LogP contribution < -0.4 is 14.7 Å². The fraction of sp³-hybridized carbons (Fsp3) is 0.0897. The molecule has 3 nitrogen and oxygen atoms in total. The summed E-state index contributed by atoms with van der Waals surface area (Å²) in [6, 6.07) is 196. The van der Waals surface area contributed by atoms with Gasteiger partial charge in [-0.3, -0.25) is 0 Å². The molecule has 0 heterocycles. The summed E-state index contributed by atoms with van der Waals surface area (Å²) in [7, 11) is 0. The molecule has 27 rings (SSSR count). The summed E-state index contributed by atoms with van der Waals surface area (Å²) in [5.74, 6) is 0. The maximum Gasteiger partial charge on any atom is 0.0714 e. The van der Waals surface area contributed by atoms with E-state index in [9.17, 15) is 0 Å². The molecule has 0 bridgehead atoms. The highest BCUT2D eigenvalue weighted by atomic mass is 15.2. The van der Waals surface area contributed by atoms with Crippen LogP contribution in [0.25, 0.3) is 122 Å². The molecule has 3 heteroatoms. The molecular weight excluding hydrogens is 1780 g/mol. The lowest BCUT2D eigenvalue weighted by molar-refractivity contribution is 0.660. The molecule has 0 saturated heterocycles. The van der Waals surface area contributed by atoms with E-state index in [0.29, 0.717) is 0 Å². The molecule has 0 fully saturated rings. The number of rotatable bonds is 18. The molecule has 5 aliphatic carbocycles. The van der Waals surface area contributed by atoms with Crippen LogP contribution in [0.5, 0.6) is 0 Å². The van der Waals surface area contributed by atoms with Crippen LogP contribution in [-0.4, -0.2) is 0 Å². The van der Waals surface area contributed by atoms with Gasteiger partial charge in [-0.2, -0.15) is 0 Å². The Bertz CT molecular complexity index is 8700. The van der Waals surface area contributed by atoms with E-state index in [2.05, 4.69) is 598 Å². The highest BCUT2D eigenvalue weighted by molar-refractivity contribution is 6.01. The summed E-state index contributed by atoms with van der Waals surface area (Å²) in [5.41, 5.74) is 54.6. The Morgan fingerprint density at radius 3 is 0.912 bits per heavy atom. The minimum atomic E-state index is -0.655. The first-order valence-corrected chi connectivity index (χ1v) is 52.1. The number of para-hydroxylation sites is 1. The van der Waals surface area contributed by atoms with Crippen LogP contribution in [0.1, 0.15) is 126 Å². The number of aryl methyl sites for hydroxylation is 1. The molecule has 0 radical (unpaired) electrons. The van der Waals surface area contributed by atoms with E-state index in [1.165, 1.54) is 200 Å². The van der Waals surface area contributed by atoms with Gasteiger partial charge in [0, 0.05) is 72.7 Å². The summed E-state index contributed by atoms with van der Waals surface area (Å²) in [6.45, 7) is 18.8. The van der Waals surface area contributed by atoms with Crippen molar-refractivity contribution in [3.8, 4) is 122 Å². The molecule has 0 saturated carbocycles. The predicted octanol–water partition coefficient (Wildman–Crippen LogP) is 38.7. The zero-order valence-electron chi connectivity index (χ0n) is 84.6. The van der Waals surface area contributed by atoms with Crippen molar-refractivity contribution in [3.05, 3.63) is 606 Å². The van der Waals surface area contributed by atoms with Crippen LogP contribution in [-0.2, 0) is 27.1 Å². The number of hydrogen-bond donors (Lipinski definition) is 0. The highest BCUT2D eigenvalue weighted by Gasteiger charge is 2.49. The van der Waals surface area contributed by atoms with E-state index in [-0.39, 0.29) is 21.7 Å². The van der Waals surface area contributed by atoms with Crippen molar-refractivity contribution in [2.24, 2.45) is 0 Å². The minimum absolute atomic E-state index is 0.116. The maximum atomic E-state index is 2.49. The van der Waals surface area contributed by atoms with E-state index in [1.807, 2.05) is 0 Å². The summed E-state index contributed by atoms with van der Waals surface area (Å²) in [5, 5.41) is 0. The van der Waals surface area contributed by atoms with Crippen molar-refractivity contribution >= 4 is 51.2 Å². The maximum absolute atomic E-state index is 2.49. The zero-order valence-corrected chi connectivity index (χ0v) is 84.6. The summed E-state index contributed by atoms with van der Waals surface area (Å²) in [4.78, 5) is 7.36. The molecular formula is C145H111N3. The quantitative estimate of drug-likeness (QED) is 0.0848. The molecule has 22 aromatic rings. The monoisotopic (exact) mass is 1890 g/mol. The van der Waals surface area contributed by atoms with E-state index < -0.39 is 5.41 Å². The summed E-state index contributed by atoms with van der Waals surface area (Å²) < 4.78 is 0. The lowest BCUT2D eigenvalue weighted by atomic mass is 9.67. The largest absolute Gasteiger partial charge is 0.310 e. The van der Waals surface area contributed by atoms with Gasteiger partial charge in [-0.15, -0.1) is 0 Å². The third-order valence-corrected chi connectivity index (χ3v) is 33.0. The van der Waals surface area contributed by atoms with Gasteiger partial charge in [-0.25, -0.2) is 0 Å². The van der Waals surface area contributed by atoms with Crippen molar-refractivity contribution < 1.29 is 0 Å². The van der Waals surface area contributed by atoms with Gasteiger partial charge in [0.2, 0.25) is 0 Å². The first-order chi connectivity index (χ1) is 72.5. The fourth-order valence-corrected chi connectivity index (χ4v) is 25.5. The standard InChI is InChI=1S/C85H64N2.C60H47N/c1-83(2)76-34-17-14-30-71(76)73-52-50-68(55-80(73)83)87(69-51-53-74-72-31-15-18-35-77(72)84(3,4)81(74)56-69)66-48-42-61(43-49-66)70-33-21-37-79-82(70)75-32-16-19-36-78(75)85(79,62-26-12-7-13-27-62)63-28-20-29-67(54-63)86(64-44-38-59(39-45-64)57-22-8-5-9-23-57)65-46-40-60(41-47-65)58-24-10-6-11-25-58;1-40-26-31-45(32-27-40)60(4)54-24-15-22-49(58(54)52-36-30-44(38-56(52)60)41-16-7-5-8-17-41)43-28-33-46(34-29-43)61(57-25-14-12-20-48(57)42-18-9-6-10-19-42)47-35-37-51-50-21-11-13-23-53(50)59(2,3)55(51)39-47/h5-56H,1-4H3;5-39H,1-4H3. The van der Waals surface area contributed by atoms with Gasteiger partial charge in [-0.05, 0) is 312 Å². The lowest BCUT2D eigenvalue weighted by Gasteiger charge is -2.35. The van der Waals surface area contributed by atoms with E-state index in [4.69, 9.17) is 0 Å². The molecule has 0 aliphatic heterocycles. The van der Waals surface area contributed by atoms with Crippen molar-refractivity contribution in [3.63, 3.8) is 0 Å². The molecule has 0 spiro atoms. The first-order valence-electron chi connectivity index (χ1n) is 52.1. The molecule has 148 heavy (non-hydrogen) atoms. The van der Waals surface area contributed by atoms with E-state index in [0.717, 1.165) is 51.2 Å². The number of anilines is 9. The topological polar surface area (TPSA) is 9.72 Å². The van der Waals surface area contributed by atoms with Gasteiger partial charge in [0.05, 0.1) is 11.1 Å². The SMILES string of the molecule is CC1(C)c2ccccc2-c2ccc(N(c3ccc(-c4cccc5c4-c4ccccc4C5(c4ccccc4)c4cccc(N(c5ccc(-c6ccccc6)cc5)c5ccc(-c6ccccc6)cc5)c4)cc3)c3ccc4c(c3)C(C)(C)c3ccccc3-4)cc21.Cc1ccc(C2(C)c3cc(-c4ccccc4)ccc3-c3c(-c4ccc(N(c5ccc6c(c5)C(C)(C)c5ccccc5-6)c5ccccc5-c5ccccc5)cc4)cccc32)cc1. The van der Waals surface area contributed by atoms with E-state index in [1.54, 1.807) is 0 Å². The molecule has 0 aromatic heterocycles. The van der Waals surface area contributed by atoms with Gasteiger partial charge in [0.25, 0.3) is 0 Å². The van der Waals surface area contributed by atoms with Crippen molar-refractivity contribution in [2.75, 3.05) is 14.7 Å². The molecule has 0 amide bonds. The molecule has 2 atom stereocenters. The van der Waals surface area contributed by atoms with E-state index >= 15 is 0 Å². The Morgan fingerprint density at radius 2 is 0.439 bits per heavy atom. The number of fused-ring (bicyclic) bond motifs is 15. The molecule has 22 aromatic carbocycles. The van der Waals surface area contributed by atoms with Gasteiger partial charge in [0.1, 0.15) is 0 Å². The Kier molecular flexibility index (Phi) is 21.9. The second-order valence-corrected chi connectivity index (χ2v) is 42.3. The fourth-order valence-electron chi connectivity index (χ4n) is 25.5. The van der Waals surface area contributed by atoms with Crippen LogP contribution in [0.3, 0.4) is 0 Å². The molecule has 5 aliphatic rings. The van der Waals surface area contributed by atoms with Crippen molar-refractivity contribution in [1.29, 1.82) is 0 Å². The third-order valence-electron chi connectivity index (χ3n) is 33.0. The average molecular weight is 1900 g/mol. The van der Waals surface area contributed by atoms with Gasteiger partial charge in [0.15, 0.2) is 0 Å². The third kappa shape index (κ3) is 14.7. The zero-order chi connectivity index (χ0) is 99.7. The van der Waals surface area contributed by atoms with Crippen LogP contribution in [0.15, 0.2) is 528 Å². The van der Waals surface area contributed by atoms with Crippen LogP contribution in [0.2, 0.25) is 0 Å².